The van der Waals surface area contributed by atoms with E-state index in [1.165, 1.54) is 0 Å². The molecule has 4 heteroatoms. The van der Waals surface area contributed by atoms with Crippen LogP contribution in [0.25, 0.3) is 22.3 Å². The molecule has 0 bridgehead atoms. The SMILES string of the molecule is Cc1nc(-c2ccc(Cl)nc2)nc2ccccc12. The number of fused-ring (bicyclic) bond motifs is 1. The molecule has 0 aliphatic rings. The fourth-order valence-electron chi connectivity index (χ4n) is 1.87. The molecule has 3 nitrogen and oxygen atoms in total. The molecule has 0 radical (unpaired) electrons. The summed E-state index contributed by atoms with van der Waals surface area (Å²) < 4.78 is 0. The summed E-state index contributed by atoms with van der Waals surface area (Å²) in [5.41, 5.74) is 2.77. The van der Waals surface area contributed by atoms with E-state index in [2.05, 4.69) is 15.0 Å². The normalized spacial score (nSPS) is 10.8. The number of aryl methyl sites for hydroxylation is 1. The Labute approximate surface area is 109 Å². The van der Waals surface area contributed by atoms with Crippen molar-refractivity contribution in [3.63, 3.8) is 0 Å². The van der Waals surface area contributed by atoms with Crippen LogP contribution in [0.3, 0.4) is 0 Å². The van der Waals surface area contributed by atoms with Crippen molar-refractivity contribution in [2.45, 2.75) is 6.92 Å². The molecule has 0 aliphatic heterocycles. The molecule has 0 saturated heterocycles. The fraction of sp³-hybridized carbons (Fsp3) is 0.0714. The Morgan fingerprint density at radius 2 is 1.83 bits per heavy atom. The van der Waals surface area contributed by atoms with Gasteiger partial charge in [-0.25, -0.2) is 15.0 Å². The first-order chi connectivity index (χ1) is 8.74. The lowest BCUT2D eigenvalue weighted by Gasteiger charge is -2.05. The second kappa shape index (κ2) is 4.35. The lowest BCUT2D eigenvalue weighted by Crippen LogP contribution is -1.94. The summed E-state index contributed by atoms with van der Waals surface area (Å²) in [4.78, 5) is 13.1. The van der Waals surface area contributed by atoms with Crippen molar-refractivity contribution in [1.82, 2.24) is 15.0 Å². The van der Waals surface area contributed by atoms with E-state index in [1.54, 1.807) is 12.3 Å². The maximum atomic E-state index is 5.77. The third kappa shape index (κ3) is 1.93. The van der Waals surface area contributed by atoms with Gasteiger partial charge in [0.05, 0.1) is 5.52 Å². The minimum absolute atomic E-state index is 0.469. The van der Waals surface area contributed by atoms with Gasteiger partial charge in [0.1, 0.15) is 5.15 Å². The summed E-state index contributed by atoms with van der Waals surface area (Å²) in [5.74, 6) is 0.676. The van der Waals surface area contributed by atoms with E-state index in [9.17, 15) is 0 Å². The quantitative estimate of drug-likeness (QED) is 0.623. The third-order valence-electron chi connectivity index (χ3n) is 2.78. The lowest BCUT2D eigenvalue weighted by molar-refractivity contribution is 1.15. The van der Waals surface area contributed by atoms with Crippen molar-refractivity contribution in [2.24, 2.45) is 0 Å². The molecular formula is C14H10ClN3. The molecule has 0 aliphatic carbocycles. The van der Waals surface area contributed by atoms with Gasteiger partial charge in [0.2, 0.25) is 0 Å². The summed E-state index contributed by atoms with van der Waals surface area (Å²) in [5, 5.41) is 1.54. The Bertz CT molecular complexity index is 708. The van der Waals surface area contributed by atoms with Gasteiger partial charge < -0.3 is 0 Å². The van der Waals surface area contributed by atoms with Crippen LogP contribution < -0.4 is 0 Å². The molecule has 0 atom stereocenters. The van der Waals surface area contributed by atoms with Gasteiger partial charge in [-0.15, -0.1) is 0 Å². The summed E-state index contributed by atoms with van der Waals surface area (Å²) in [6.07, 6.45) is 1.69. The zero-order chi connectivity index (χ0) is 12.5. The van der Waals surface area contributed by atoms with Gasteiger partial charge in [-0.05, 0) is 25.1 Å². The fourth-order valence-corrected chi connectivity index (χ4v) is 1.98. The van der Waals surface area contributed by atoms with Crippen LogP contribution >= 0.6 is 11.6 Å². The highest BCUT2D eigenvalue weighted by atomic mass is 35.5. The smallest absolute Gasteiger partial charge is 0.161 e. The van der Waals surface area contributed by atoms with Crippen LogP contribution in [-0.4, -0.2) is 15.0 Å². The summed E-state index contributed by atoms with van der Waals surface area (Å²) in [6.45, 7) is 1.98. The number of para-hydroxylation sites is 1. The van der Waals surface area contributed by atoms with E-state index in [0.717, 1.165) is 22.2 Å². The van der Waals surface area contributed by atoms with Gasteiger partial charge >= 0.3 is 0 Å². The highest BCUT2D eigenvalue weighted by molar-refractivity contribution is 6.29. The second-order valence-corrected chi connectivity index (χ2v) is 4.41. The van der Waals surface area contributed by atoms with Gasteiger partial charge in [-0.1, -0.05) is 29.8 Å². The van der Waals surface area contributed by atoms with Crippen LogP contribution in [-0.2, 0) is 0 Å². The van der Waals surface area contributed by atoms with E-state index in [-0.39, 0.29) is 0 Å². The predicted molar refractivity (Wildman–Crippen MR) is 72.5 cm³/mol. The summed E-state index contributed by atoms with van der Waals surface area (Å²) in [7, 11) is 0. The average molecular weight is 256 g/mol. The largest absolute Gasteiger partial charge is 0.244 e. The summed E-state index contributed by atoms with van der Waals surface area (Å²) >= 11 is 5.77. The maximum absolute atomic E-state index is 5.77. The third-order valence-corrected chi connectivity index (χ3v) is 3.00. The Kier molecular flexibility index (Phi) is 2.68. The van der Waals surface area contributed by atoms with Crippen LogP contribution in [0.2, 0.25) is 5.15 Å². The number of aromatic nitrogens is 3. The molecule has 1 aromatic carbocycles. The molecule has 18 heavy (non-hydrogen) atoms. The van der Waals surface area contributed by atoms with Crippen molar-refractivity contribution in [1.29, 1.82) is 0 Å². The van der Waals surface area contributed by atoms with Gasteiger partial charge in [0.25, 0.3) is 0 Å². The zero-order valence-corrected chi connectivity index (χ0v) is 10.5. The van der Waals surface area contributed by atoms with Crippen LogP contribution in [0.5, 0.6) is 0 Å². The van der Waals surface area contributed by atoms with Crippen LogP contribution in [0.15, 0.2) is 42.6 Å². The first kappa shape index (κ1) is 11.1. The number of rotatable bonds is 1. The van der Waals surface area contributed by atoms with Crippen molar-refractivity contribution in [3.8, 4) is 11.4 Å². The first-order valence-corrected chi connectivity index (χ1v) is 5.97. The minimum atomic E-state index is 0.469. The number of hydrogen-bond acceptors (Lipinski definition) is 3. The zero-order valence-electron chi connectivity index (χ0n) is 9.76. The second-order valence-electron chi connectivity index (χ2n) is 4.02. The molecule has 0 fully saturated rings. The number of hydrogen-bond donors (Lipinski definition) is 0. The molecule has 0 N–H and O–H groups in total. The Morgan fingerprint density at radius 1 is 1.00 bits per heavy atom. The predicted octanol–water partition coefficient (Wildman–Crippen LogP) is 3.65. The minimum Gasteiger partial charge on any atom is -0.244 e. The molecule has 88 valence electrons. The van der Waals surface area contributed by atoms with Crippen molar-refractivity contribution in [3.05, 3.63) is 53.4 Å². The topological polar surface area (TPSA) is 38.7 Å². The molecule has 2 heterocycles. The average Bonchev–Trinajstić information content (AvgIpc) is 2.39. The van der Waals surface area contributed by atoms with Gasteiger partial charge in [-0.2, -0.15) is 0 Å². The first-order valence-electron chi connectivity index (χ1n) is 5.59. The molecule has 0 unspecified atom stereocenters. The molecule has 3 rings (SSSR count). The van der Waals surface area contributed by atoms with Crippen molar-refractivity contribution >= 4 is 22.5 Å². The van der Waals surface area contributed by atoms with Crippen molar-refractivity contribution in [2.75, 3.05) is 0 Å². The van der Waals surface area contributed by atoms with Crippen molar-refractivity contribution < 1.29 is 0 Å². The molecule has 0 saturated carbocycles. The van der Waals surface area contributed by atoms with E-state index in [4.69, 9.17) is 11.6 Å². The van der Waals surface area contributed by atoms with Gasteiger partial charge in [0.15, 0.2) is 5.82 Å². The molecule has 3 aromatic rings. The standard InChI is InChI=1S/C14H10ClN3/c1-9-11-4-2-3-5-12(11)18-14(17-9)10-6-7-13(15)16-8-10/h2-8H,1H3. The molecular weight excluding hydrogens is 246 g/mol. The Balaban J connectivity index is 2.21. The Morgan fingerprint density at radius 3 is 2.61 bits per heavy atom. The number of halogens is 1. The monoisotopic (exact) mass is 255 g/mol. The number of pyridine rings is 1. The van der Waals surface area contributed by atoms with Crippen LogP contribution in [0, 0.1) is 6.92 Å². The number of nitrogens with zero attached hydrogens (tertiary/aromatic N) is 3. The van der Waals surface area contributed by atoms with Gasteiger partial charge in [-0.3, -0.25) is 0 Å². The van der Waals surface area contributed by atoms with E-state index < -0.39 is 0 Å². The summed E-state index contributed by atoms with van der Waals surface area (Å²) in [6, 6.07) is 11.6. The maximum Gasteiger partial charge on any atom is 0.161 e. The van der Waals surface area contributed by atoms with Crippen LogP contribution in [0.1, 0.15) is 5.69 Å². The Hall–Kier alpha value is -2.00. The highest BCUT2D eigenvalue weighted by Gasteiger charge is 2.06. The molecule has 0 spiro atoms. The van der Waals surface area contributed by atoms with Crippen LogP contribution in [0.4, 0.5) is 0 Å². The van der Waals surface area contributed by atoms with E-state index >= 15 is 0 Å². The van der Waals surface area contributed by atoms with Gasteiger partial charge in [0, 0.05) is 22.8 Å². The molecule has 0 amide bonds. The highest BCUT2D eigenvalue weighted by Crippen LogP contribution is 2.21. The molecule has 2 aromatic heterocycles. The number of benzene rings is 1. The van der Waals surface area contributed by atoms with E-state index in [0.29, 0.717) is 11.0 Å². The lowest BCUT2D eigenvalue weighted by atomic mass is 10.2. The van der Waals surface area contributed by atoms with E-state index in [1.807, 2.05) is 37.3 Å².